The van der Waals surface area contributed by atoms with Gasteiger partial charge in [0.1, 0.15) is 0 Å². The Morgan fingerprint density at radius 3 is 2.41 bits per heavy atom. The van der Waals surface area contributed by atoms with Crippen LogP contribution in [0.15, 0.2) is 18.2 Å². The topological polar surface area (TPSA) is 66.9 Å². The molecule has 1 aliphatic carbocycles. The molecule has 0 spiro atoms. The number of likely N-dealkylation sites (tertiary alicyclic amines) is 1. The van der Waals surface area contributed by atoms with Gasteiger partial charge in [0.15, 0.2) is 11.6 Å². The minimum absolute atomic E-state index is 0.0755. The van der Waals surface area contributed by atoms with E-state index in [1.54, 1.807) is 13.1 Å². The Morgan fingerprint density at radius 1 is 1.22 bits per heavy atom. The molecule has 0 N–H and O–H groups in total. The first kappa shape index (κ1) is 19.3. The van der Waals surface area contributed by atoms with Gasteiger partial charge in [-0.25, -0.2) is 4.39 Å². The number of carbonyl (C=O) groups excluding carboxylic acids is 3. The highest BCUT2D eigenvalue weighted by atomic mass is 19.1. The van der Waals surface area contributed by atoms with Gasteiger partial charge in [-0.2, -0.15) is 0 Å². The van der Waals surface area contributed by atoms with E-state index in [4.69, 9.17) is 4.74 Å². The zero-order chi connectivity index (χ0) is 19.6. The smallest absolute Gasteiger partial charge is 0.233 e. The number of fused-ring (bicyclic) bond motifs is 1. The molecule has 146 valence electrons. The van der Waals surface area contributed by atoms with Gasteiger partial charge in [0.2, 0.25) is 17.7 Å². The van der Waals surface area contributed by atoms with Crippen molar-refractivity contribution in [1.82, 2.24) is 9.80 Å². The van der Waals surface area contributed by atoms with Crippen LogP contribution < -0.4 is 4.74 Å². The SMILES string of the molecule is COc1ccc(CN(C)C(=O)CCN2C(=O)[C@H]3CCCC[C@@H]3C2=O)cc1F. The third-order valence-corrected chi connectivity index (χ3v) is 5.54. The van der Waals surface area contributed by atoms with Crippen LogP contribution in [0.3, 0.4) is 0 Å². The molecule has 2 aliphatic rings. The third-order valence-electron chi connectivity index (χ3n) is 5.54. The van der Waals surface area contributed by atoms with E-state index >= 15 is 0 Å². The largest absolute Gasteiger partial charge is 0.494 e. The third kappa shape index (κ3) is 3.96. The minimum Gasteiger partial charge on any atom is -0.494 e. The van der Waals surface area contributed by atoms with Gasteiger partial charge < -0.3 is 9.64 Å². The Labute approximate surface area is 158 Å². The van der Waals surface area contributed by atoms with Crippen molar-refractivity contribution < 1.29 is 23.5 Å². The summed E-state index contributed by atoms with van der Waals surface area (Å²) >= 11 is 0. The number of amides is 3. The zero-order valence-electron chi connectivity index (χ0n) is 15.7. The van der Waals surface area contributed by atoms with Crippen molar-refractivity contribution in [2.24, 2.45) is 11.8 Å². The van der Waals surface area contributed by atoms with E-state index in [0.717, 1.165) is 25.7 Å². The van der Waals surface area contributed by atoms with Crippen molar-refractivity contribution in [2.45, 2.75) is 38.6 Å². The highest BCUT2D eigenvalue weighted by Crippen LogP contribution is 2.38. The zero-order valence-corrected chi connectivity index (χ0v) is 15.7. The van der Waals surface area contributed by atoms with Gasteiger partial charge in [-0.15, -0.1) is 0 Å². The summed E-state index contributed by atoms with van der Waals surface area (Å²) in [6.07, 6.45) is 3.57. The molecule has 2 fully saturated rings. The lowest BCUT2D eigenvalue weighted by Crippen LogP contribution is -2.36. The van der Waals surface area contributed by atoms with Crippen LogP contribution in [0.5, 0.6) is 5.75 Å². The molecule has 3 rings (SSSR count). The summed E-state index contributed by atoms with van der Waals surface area (Å²) in [6.45, 7) is 0.359. The number of carbonyl (C=O) groups is 3. The summed E-state index contributed by atoms with van der Waals surface area (Å²) in [7, 11) is 3.02. The molecule has 1 aliphatic heterocycles. The molecule has 1 heterocycles. The van der Waals surface area contributed by atoms with Crippen LogP contribution in [0.25, 0.3) is 0 Å². The number of halogens is 1. The molecule has 1 aromatic rings. The van der Waals surface area contributed by atoms with Crippen LogP contribution in [-0.2, 0) is 20.9 Å². The molecular formula is C20H25FN2O4. The van der Waals surface area contributed by atoms with Crippen molar-refractivity contribution in [2.75, 3.05) is 20.7 Å². The average Bonchev–Trinajstić information content (AvgIpc) is 2.91. The number of imide groups is 1. The van der Waals surface area contributed by atoms with E-state index in [-0.39, 0.29) is 54.8 Å². The van der Waals surface area contributed by atoms with Crippen molar-refractivity contribution in [3.63, 3.8) is 0 Å². The van der Waals surface area contributed by atoms with Gasteiger partial charge in [-0.3, -0.25) is 19.3 Å². The number of hydrogen-bond donors (Lipinski definition) is 0. The first-order valence-electron chi connectivity index (χ1n) is 9.34. The van der Waals surface area contributed by atoms with Crippen molar-refractivity contribution in [3.05, 3.63) is 29.6 Å². The standard InChI is InChI=1S/C20H25FN2O4/c1-22(12-13-7-8-17(27-2)16(21)11-13)18(24)9-10-23-19(25)14-5-3-4-6-15(14)20(23)26/h7-8,11,14-15H,3-6,9-10,12H2,1-2H3/t14-,15-/m0/s1. The molecule has 6 nitrogen and oxygen atoms in total. The normalized spacial score (nSPS) is 22.0. The number of rotatable bonds is 6. The summed E-state index contributed by atoms with van der Waals surface area (Å²) < 4.78 is 18.7. The van der Waals surface area contributed by atoms with Crippen molar-refractivity contribution >= 4 is 17.7 Å². The van der Waals surface area contributed by atoms with Crippen LogP contribution in [0, 0.1) is 17.7 Å². The molecule has 1 aromatic carbocycles. The second-order valence-electron chi connectivity index (χ2n) is 7.29. The minimum atomic E-state index is -0.480. The fraction of sp³-hybridized carbons (Fsp3) is 0.550. The lowest BCUT2D eigenvalue weighted by molar-refractivity contribution is -0.140. The van der Waals surface area contributed by atoms with Gasteiger partial charge >= 0.3 is 0 Å². The molecule has 7 heteroatoms. The van der Waals surface area contributed by atoms with E-state index in [1.165, 1.54) is 29.0 Å². The highest BCUT2D eigenvalue weighted by molar-refractivity contribution is 6.05. The molecule has 2 atom stereocenters. The van der Waals surface area contributed by atoms with E-state index in [1.807, 2.05) is 0 Å². The first-order valence-corrected chi connectivity index (χ1v) is 9.34. The van der Waals surface area contributed by atoms with Crippen LogP contribution in [0.4, 0.5) is 4.39 Å². The second-order valence-corrected chi connectivity index (χ2v) is 7.29. The number of nitrogens with zero attached hydrogens (tertiary/aromatic N) is 2. The maximum absolute atomic E-state index is 13.8. The van der Waals surface area contributed by atoms with Gasteiger partial charge in [0.25, 0.3) is 0 Å². The molecule has 0 unspecified atom stereocenters. The first-order chi connectivity index (χ1) is 12.9. The fourth-order valence-corrected chi connectivity index (χ4v) is 4.02. The van der Waals surface area contributed by atoms with Crippen LogP contribution >= 0.6 is 0 Å². The van der Waals surface area contributed by atoms with E-state index in [0.29, 0.717) is 5.56 Å². The van der Waals surface area contributed by atoms with Crippen molar-refractivity contribution in [3.8, 4) is 5.75 Å². The van der Waals surface area contributed by atoms with Gasteiger partial charge in [0, 0.05) is 26.6 Å². The van der Waals surface area contributed by atoms with Crippen molar-refractivity contribution in [1.29, 1.82) is 0 Å². The quantitative estimate of drug-likeness (QED) is 0.715. The molecule has 3 amide bonds. The summed E-state index contributed by atoms with van der Waals surface area (Å²) in [5, 5.41) is 0. The second kappa shape index (κ2) is 8.06. The summed E-state index contributed by atoms with van der Waals surface area (Å²) in [5.41, 5.74) is 0.642. The number of benzene rings is 1. The van der Waals surface area contributed by atoms with Gasteiger partial charge in [-0.05, 0) is 30.5 Å². The Balaban J connectivity index is 1.55. The molecule has 0 radical (unpaired) electrons. The summed E-state index contributed by atoms with van der Waals surface area (Å²) in [6, 6.07) is 4.55. The maximum Gasteiger partial charge on any atom is 0.233 e. The van der Waals surface area contributed by atoms with Crippen LogP contribution in [0.2, 0.25) is 0 Å². The van der Waals surface area contributed by atoms with Gasteiger partial charge in [-0.1, -0.05) is 18.9 Å². The van der Waals surface area contributed by atoms with Crippen LogP contribution in [-0.4, -0.2) is 48.2 Å². The molecular weight excluding hydrogens is 351 g/mol. The maximum atomic E-state index is 13.8. The predicted octanol–water partition coefficient (Wildman–Crippen LogP) is 2.36. The molecule has 1 saturated heterocycles. The number of hydrogen-bond acceptors (Lipinski definition) is 4. The highest BCUT2D eigenvalue weighted by Gasteiger charge is 2.47. The molecule has 1 saturated carbocycles. The predicted molar refractivity (Wildman–Crippen MR) is 96.2 cm³/mol. The number of ether oxygens (including phenoxy) is 1. The lowest BCUT2D eigenvalue weighted by Gasteiger charge is -2.20. The average molecular weight is 376 g/mol. The number of methoxy groups -OCH3 is 1. The van der Waals surface area contributed by atoms with E-state index < -0.39 is 5.82 Å². The van der Waals surface area contributed by atoms with E-state index in [9.17, 15) is 18.8 Å². The van der Waals surface area contributed by atoms with E-state index in [2.05, 4.69) is 0 Å². The Morgan fingerprint density at radius 2 is 1.85 bits per heavy atom. The Hall–Kier alpha value is -2.44. The van der Waals surface area contributed by atoms with Gasteiger partial charge in [0.05, 0.1) is 18.9 Å². The summed E-state index contributed by atoms with van der Waals surface area (Å²) in [5.74, 6) is -1.16. The molecule has 27 heavy (non-hydrogen) atoms. The lowest BCUT2D eigenvalue weighted by atomic mass is 9.81. The molecule has 0 bridgehead atoms. The molecule has 0 aromatic heterocycles. The Kier molecular flexibility index (Phi) is 5.77. The monoisotopic (exact) mass is 376 g/mol. The van der Waals surface area contributed by atoms with Crippen LogP contribution in [0.1, 0.15) is 37.7 Å². The fourth-order valence-electron chi connectivity index (χ4n) is 4.02. The Bertz CT molecular complexity index is 727. The summed E-state index contributed by atoms with van der Waals surface area (Å²) in [4.78, 5) is 40.0.